The standard InChI is InChI=1S/C21H25N3O3/c1-13-14(2)24-12-17(21(27)23(3)4)16(19(26)20(24)22-13)10-11-18(25)15-8-6-5-7-9-15/h5-9,12,18,25-26H,10-11H2,1-4H3/t18-/m1/s1. The van der Waals surface area contributed by atoms with Gasteiger partial charge in [0.1, 0.15) is 0 Å². The summed E-state index contributed by atoms with van der Waals surface area (Å²) in [6.07, 6.45) is 1.81. The maximum absolute atomic E-state index is 12.7. The Kier molecular flexibility index (Phi) is 5.19. The van der Waals surface area contributed by atoms with Crippen molar-refractivity contribution in [2.75, 3.05) is 14.1 Å². The number of carbonyl (C=O) groups excluding carboxylic acids is 1. The summed E-state index contributed by atoms with van der Waals surface area (Å²) < 4.78 is 1.75. The molecular weight excluding hydrogens is 342 g/mol. The third kappa shape index (κ3) is 3.53. The van der Waals surface area contributed by atoms with Gasteiger partial charge in [0.2, 0.25) is 0 Å². The monoisotopic (exact) mass is 367 g/mol. The molecule has 0 radical (unpaired) electrons. The molecule has 27 heavy (non-hydrogen) atoms. The number of aliphatic hydroxyl groups excluding tert-OH is 1. The average Bonchev–Trinajstić information content (AvgIpc) is 2.95. The van der Waals surface area contributed by atoms with Crippen molar-refractivity contribution in [2.24, 2.45) is 0 Å². The first-order valence-electron chi connectivity index (χ1n) is 8.96. The fourth-order valence-electron chi connectivity index (χ4n) is 3.22. The van der Waals surface area contributed by atoms with Crippen LogP contribution in [0.1, 0.15) is 45.4 Å². The van der Waals surface area contributed by atoms with Crippen molar-refractivity contribution >= 4 is 11.6 Å². The Morgan fingerprint density at radius 2 is 1.89 bits per heavy atom. The number of pyridine rings is 1. The van der Waals surface area contributed by atoms with Crippen LogP contribution in [0.4, 0.5) is 0 Å². The first-order chi connectivity index (χ1) is 12.8. The highest BCUT2D eigenvalue weighted by Crippen LogP contribution is 2.31. The maximum Gasteiger partial charge on any atom is 0.255 e. The zero-order chi connectivity index (χ0) is 19.7. The number of imidazole rings is 1. The number of rotatable bonds is 5. The molecule has 0 spiro atoms. The van der Waals surface area contributed by atoms with Crippen molar-refractivity contribution in [3.05, 3.63) is 64.6 Å². The van der Waals surface area contributed by atoms with E-state index in [0.29, 0.717) is 29.6 Å². The molecule has 0 bridgehead atoms. The number of aliphatic hydroxyl groups is 1. The zero-order valence-corrected chi connectivity index (χ0v) is 16.1. The molecule has 0 aliphatic heterocycles. The van der Waals surface area contributed by atoms with E-state index >= 15 is 0 Å². The lowest BCUT2D eigenvalue weighted by molar-refractivity contribution is 0.0824. The molecule has 6 heteroatoms. The van der Waals surface area contributed by atoms with E-state index < -0.39 is 6.10 Å². The van der Waals surface area contributed by atoms with Gasteiger partial charge in [-0.2, -0.15) is 0 Å². The van der Waals surface area contributed by atoms with E-state index in [0.717, 1.165) is 17.0 Å². The molecule has 2 N–H and O–H groups in total. The fourth-order valence-corrected chi connectivity index (χ4v) is 3.22. The molecule has 142 valence electrons. The molecule has 2 heterocycles. The summed E-state index contributed by atoms with van der Waals surface area (Å²) >= 11 is 0. The Bertz CT molecular complexity index is 977. The number of aryl methyl sites for hydroxylation is 2. The van der Waals surface area contributed by atoms with Gasteiger partial charge < -0.3 is 19.5 Å². The maximum atomic E-state index is 12.7. The number of hydrogen-bond acceptors (Lipinski definition) is 4. The minimum Gasteiger partial charge on any atom is -0.504 e. The van der Waals surface area contributed by atoms with E-state index in [1.165, 1.54) is 4.90 Å². The summed E-state index contributed by atoms with van der Waals surface area (Å²) in [7, 11) is 3.36. The molecule has 1 aromatic carbocycles. The Morgan fingerprint density at radius 1 is 1.22 bits per heavy atom. The van der Waals surface area contributed by atoms with E-state index in [4.69, 9.17) is 0 Å². The second kappa shape index (κ2) is 7.40. The predicted octanol–water partition coefficient (Wildman–Crippen LogP) is 3.02. The topological polar surface area (TPSA) is 78.1 Å². The highest BCUT2D eigenvalue weighted by atomic mass is 16.3. The first kappa shape index (κ1) is 18.9. The molecule has 6 nitrogen and oxygen atoms in total. The number of nitrogens with zero attached hydrogens (tertiary/aromatic N) is 3. The van der Waals surface area contributed by atoms with Crippen molar-refractivity contribution in [3.8, 4) is 5.75 Å². The SMILES string of the molecule is Cc1nc2c(O)c(CC[C@@H](O)c3ccccc3)c(C(=O)N(C)C)cn2c1C. The van der Waals surface area contributed by atoms with Gasteiger partial charge in [-0.3, -0.25) is 4.79 Å². The summed E-state index contributed by atoms with van der Waals surface area (Å²) in [5.74, 6) is -0.193. The molecule has 0 aliphatic rings. The number of fused-ring (bicyclic) bond motifs is 1. The van der Waals surface area contributed by atoms with E-state index in [1.54, 1.807) is 24.7 Å². The molecule has 0 aliphatic carbocycles. The molecule has 1 atom stereocenters. The van der Waals surface area contributed by atoms with Gasteiger partial charge in [0, 0.05) is 31.5 Å². The van der Waals surface area contributed by atoms with E-state index in [-0.39, 0.29) is 11.7 Å². The summed E-state index contributed by atoms with van der Waals surface area (Å²) in [4.78, 5) is 18.6. The van der Waals surface area contributed by atoms with Crippen molar-refractivity contribution in [3.63, 3.8) is 0 Å². The molecule has 1 amide bonds. The smallest absolute Gasteiger partial charge is 0.255 e. The molecule has 3 rings (SSSR count). The molecule has 0 saturated carbocycles. The lowest BCUT2D eigenvalue weighted by Crippen LogP contribution is -2.24. The third-order valence-corrected chi connectivity index (χ3v) is 4.96. The predicted molar refractivity (Wildman–Crippen MR) is 104 cm³/mol. The molecule has 2 aromatic heterocycles. The van der Waals surface area contributed by atoms with Gasteiger partial charge in [0.15, 0.2) is 11.4 Å². The highest BCUT2D eigenvalue weighted by molar-refractivity contribution is 5.96. The number of carbonyl (C=O) groups is 1. The summed E-state index contributed by atoms with van der Waals surface area (Å²) in [6.45, 7) is 3.77. The van der Waals surface area contributed by atoms with Crippen LogP contribution in [0.3, 0.4) is 0 Å². The van der Waals surface area contributed by atoms with Gasteiger partial charge in [-0.1, -0.05) is 30.3 Å². The second-order valence-electron chi connectivity index (χ2n) is 7.01. The quantitative estimate of drug-likeness (QED) is 0.727. The summed E-state index contributed by atoms with van der Waals surface area (Å²) in [5, 5.41) is 21.3. The molecule has 0 saturated heterocycles. The van der Waals surface area contributed by atoms with E-state index in [9.17, 15) is 15.0 Å². The Balaban J connectivity index is 2.03. The van der Waals surface area contributed by atoms with Gasteiger partial charge in [-0.05, 0) is 32.3 Å². The van der Waals surface area contributed by atoms with Gasteiger partial charge in [0.05, 0.1) is 17.4 Å². The van der Waals surface area contributed by atoms with E-state index in [1.807, 2.05) is 44.2 Å². The van der Waals surface area contributed by atoms with E-state index in [2.05, 4.69) is 4.98 Å². The number of benzene rings is 1. The van der Waals surface area contributed by atoms with Gasteiger partial charge >= 0.3 is 0 Å². The summed E-state index contributed by atoms with van der Waals surface area (Å²) in [5.41, 5.74) is 3.86. The van der Waals surface area contributed by atoms with Crippen LogP contribution in [0.5, 0.6) is 5.75 Å². The van der Waals surface area contributed by atoms with Gasteiger partial charge in [-0.25, -0.2) is 4.98 Å². The highest BCUT2D eigenvalue weighted by Gasteiger charge is 2.23. The number of hydrogen-bond donors (Lipinski definition) is 2. The molecule has 3 aromatic rings. The van der Waals surface area contributed by atoms with Crippen LogP contribution in [0.25, 0.3) is 5.65 Å². The largest absolute Gasteiger partial charge is 0.504 e. The number of amides is 1. The van der Waals surface area contributed by atoms with Crippen LogP contribution in [0.2, 0.25) is 0 Å². The Labute approximate surface area is 158 Å². The normalized spacial score (nSPS) is 12.3. The number of aromatic hydroxyl groups is 1. The third-order valence-electron chi connectivity index (χ3n) is 4.96. The first-order valence-corrected chi connectivity index (χ1v) is 8.96. The average molecular weight is 367 g/mol. The van der Waals surface area contributed by atoms with Crippen LogP contribution < -0.4 is 0 Å². The van der Waals surface area contributed by atoms with Gasteiger partial charge in [0.25, 0.3) is 5.91 Å². The van der Waals surface area contributed by atoms with Crippen LogP contribution >= 0.6 is 0 Å². The fraction of sp³-hybridized carbons (Fsp3) is 0.333. The molecule has 0 fully saturated rings. The Morgan fingerprint density at radius 3 is 2.52 bits per heavy atom. The van der Waals surface area contributed by atoms with Crippen LogP contribution in [-0.2, 0) is 6.42 Å². The minimum atomic E-state index is -0.674. The molecule has 0 unspecified atom stereocenters. The van der Waals surface area contributed by atoms with Crippen LogP contribution in [-0.4, -0.2) is 44.5 Å². The van der Waals surface area contributed by atoms with Crippen molar-refractivity contribution in [2.45, 2.75) is 32.8 Å². The van der Waals surface area contributed by atoms with Crippen LogP contribution in [0.15, 0.2) is 36.5 Å². The lowest BCUT2D eigenvalue weighted by atomic mass is 9.98. The van der Waals surface area contributed by atoms with Crippen molar-refractivity contribution in [1.29, 1.82) is 0 Å². The minimum absolute atomic E-state index is 0.000776. The zero-order valence-electron chi connectivity index (χ0n) is 16.1. The second-order valence-corrected chi connectivity index (χ2v) is 7.01. The summed E-state index contributed by atoms with van der Waals surface area (Å²) in [6, 6.07) is 9.37. The Hall–Kier alpha value is -2.86. The number of aromatic nitrogens is 2. The van der Waals surface area contributed by atoms with Crippen LogP contribution in [0, 0.1) is 13.8 Å². The van der Waals surface area contributed by atoms with Gasteiger partial charge in [-0.15, -0.1) is 0 Å². The van der Waals surface area contributed by atoms with Crippen molar-refractivity contribution in [1.82, 2.24) is 14.3 Å². The lowest BCUT2D eigenvalue weighted by Gasteiger charge is -2.18. The molecular formula is C21H25N3O3. The van der Waals surface area contributed by atoms with Crippen molar-refractivity contribution < 1.29 is 15.0 Å².